The van der Waals surface area contributed by atoms with E-state index < -0.39 is 6.17 Å². The molecule has 2 heterocycles. The normalized spacial score (nSPS) is 16.5. The lowest BCUT2D eigenvalue weighted by Crippen LogP contribution is -2.13. The SMILES string of the molecule is Cc1nnn2c1C(N)N=C(c1ccccc1)c1ccccc1-2. The van der Waals surface area contributed by atoms with Crippen LogP contribution < -0.4 is 5.73 Å². The molecule has 22 heavy (non-hydrogen) atoms. The van der Waals surface area contributed by atoms with Crippen LogP contribution in [0.15, 0.2) is 59.6 Å². The van der Waals surface area contributed by atoms with Crippen LogP contribution in [0.3, 0.4) is 0 Å². The number of aliphatic imine (C=N–C) groups is 1. The molecule has 0 aliphatic carbocycles. The largest absolute Gasteiger partial charge is 0.305 e. The summed E-state index contributed by atoms with van der Waals surface area (Å²) in [6.07, 6.45) is -0.488. The van der Waals surface area contributed by atoms with Crippen molar-refractivity contribution in [2.24, 2.45) is 10.7 Å². The molecule has 1 aromatic heterocycles. The Morgan fingerprint density at radius 1 is 1.00 bits per heavy atom. The molecule has 0 fully saturated rings. The van der Waals surface area contributed by atoms with Crippen LogP contribution in [0.2, 0.25) is 0 Å². The van der Waals surface area contributed by atoms with Crippen LogP contribution in [0.4, 0.5) is 0 Å². The summed E-state index contributed by atoms with van der Waals surface area (Å²) in [5, 5.41) is 8.40. The molecule has 1 unspecified atom stereocenters. The lowest BCUT2D eigenvalue weighted by molar-refractivity contribution is 0.684. The van der Waals surface area contributed by atoms with Gasteiger partial charge in [-0.25, -0.2) is 4.68 Å². The first-order chi connectivity index (χ1) is 10.8. The van der Waals surface area contributed by atoms with E-state index in [1.165, 1.54) is 0 Å². The molecule has 5 heteroatoms. The van der Waals surface area contributed by atoms with Crippen LogP contribution in [0, 0.1) is 6.92 Å². The van der Waals surface area contributed by atoms with Gasteiger partial charge in [-0.15, -0.1) is 5.10 Å². The van der Waals surface area contributed by atoms with Gasteiger partial charge in [-0.05, 0) is 13.0 Å². The summed E-state index contributed by atoms with van der Waals surface area (Å²) in [4.78, 5) is 4.76. The fourth-order valence-electron chi connectivity index (χ4n) is 2.84. The lowest BCUT2D eigenvalue weighted by atomic mass is 10.0. The maximum atomic E-state index is 6.31. The van der Waals surface area contributed by atoms with Gasteiger partial charge >= 0.3 is 0 Å². The molecule has 1 aliphatic heterocycles. The maximum absolute atomic E-state index is 6.31. The molecule has 0 bridgehead atoms. The van der Waals surface area contributed by atoms with Crippen LogP contribution >= 0.6 is 0 Å². The number of para-hydroxylation sites is 1. The Morgan fingerprint density at radius 2 is 1.73 bits per heavy atom. The van der Waals surface area contributed by atoms with Gasteiger partial charge in [0.1, 0.15) is 11.9 Å². The van der Waals surface area contributed by atoms with Crippen molar-refractivity contribution in [3.8, 4) is 5.69 Å². The number of hydrogen-bond donors (Lipinski definition) is 1. The molecule has 0 saturated carbocycles. The van der Waals surface area contributed by atoms with E-state index in [2.05, 4.69) is 10.3 Å². The molecule has 4 rings (SSSR count). The number of nitrogens with zero attached hydrogens (tertiary/aromatic N) is 4. The first kappa shape index (κ1) is 12.9. The van der Waals surface area contributed by atoms with Gasteiger partial charge in [0.15, 0.2) is 0 Å². The van der Waals surface area contributed by atoms with Crippen LogP contribution in [-0.2, 0) is 0 Å². The van der Waals surface area contributed by atoms with Gasteiger partial charge in [-0.1, -0.05) is 53.7 Å². The number of rotatable bonds is 1. The zero-order valence-corrected chi connectivity index (χ0v) is 12.1. The van der Waals surface area contributed by atoms with Crippen molar-refractivity contribution < 1.29 is 0 Å². The van der Waals surface area contributed by atoms with Gasteiger partial charge < -0.3 is 5.73 Å². The average Bonchev–Trinajstić information content (AvgIpc) is 2.89. The summed E-state index contributed by atoms with van der Waals surface area (Å²) in [5.74, 6) is 0. The Morgan fingerprint density at radius 3 is 2.55 bits per heavy atom. The molecule has 0 saturated heterocycles. The first-order valence-electron chi connectivity index (χ1n) is 7.16. The average molecular weight is 289 g/mol. The summed E-state index contributed by atoms with van der Waals surface area (Å²) < 4.78 is 1.80. The monoisotopic (exact) mass is 289 g/mol. The molecule has 0 radical (unpaired) electrons. The quantitative estimate of drug-likeness (QED) is 0.747. The topological polar surface area (TPSA) is 69.1 Å². The summed E-state index contributed by atoms with van der Waals surface area (Å²) in [5.41, 5.74) is 11.8. The minimum absolute atomic E-state index is 0.488. The number of fused-ring (bicyclic) bond motifs is 3. The van der Waals surface area contributed by atoms with Gasteiger partial charge in [0.25, 0.3) is 0 Å². The van der Waals surface area contributed by atoms with Crippen LogP contribution in [-0.4, -0.2) is 20.7 Å². The molecular formula is C17H15N5. The summed E-state index contributed by atoms with van der Waals surface area (Å²) in [6, 6.07) is 18.1. The predicted octanol–water partition coefficient (Wildman–Crippen LogP) is 2.38. The highest BCUT2D eigenvalue weighted by atomic mass is 15.4. The van der Waals surface area contributed by atoms with E-state index in [0.29, 0.717) is 0 Å². The Labute approximate surface area is 128 Å². The van der Waals surface area contributed by atoms with Crippen LogP contribution in [0.5, 0.6) is 0 Å². The summed E-state index contributed by atoms with van der Waals surface area (Å²) in [7, 11) is 0. The zero-order chi connectivity index (χ0) is 15.1. The van der Waals surface area contributed by atoms with Crippen molar-refractivity contribution >= 4 is 5.71 Å². The first-order valence-corrected chi connectivity index (χ1v) is 7.16. The molecule has 108 valence electrons. The van der Waals surface area contributed by atoms with Crippen LogP contribution in [0.25, 0.3) is 5.69 Å². The van der Waals surface area contributed by atoms with E-state index >= 15 is 0 Å². The van der Waals surface area contributed by atoms with Crippen molar-refractivity contribution in [2.75, 3.05) is 0 Å². The molecule has 1 atom stereocenters. The van der Waals surface area contributed by atoms with E-state index in [4.69, 9.17) is 10.7 Å². The third-order valence-corrected chi connectivity index (χ3v) is 3.87. The highest BCUT2D eigenvalue weighted by Crippen LogP contribution is 2.28. The molecule has 5 nitrogen and oxygen atoms in total. The molecule has 2 N–H and O–H groups in total. The van der Waals surface area contributed by atoms with Crippen LogP contribution in [0.1, 0.15) is 28.7 Å². The predicted molar refractivity (Wildman–Crippen MR) is 85.1 cm³/mol. The van der Waals surface area contributed by atoms with E-state index in [1.807, 2.05) is 61.5 Å². The van der Waals surface area contributed by atoms with Crippen molar-refractivity contribution in [1.82, 2.24) is 15.0 Å². The fourth-order valence-corrected chi connectivity index (χ4v) is 2.84. The molecule has 2 aromatic carbocycles. The van der Waals surface area contributed by atoms with Gasteiger partial charge in [-0.2, -0.15) is 0 Å². The molecule has 0 spiro atoms. The molecule has 1 aliphatic rings. The van der Waals surface area contributed by atoms with E-state index in [0.717, 1.165) is 33.9 Å². The third-order valence-electron chi connectivity index (χ3n) is 3.87. The highest BCUT2D eigenvalue weighted by molar-refractivity contribution is 6.15. The standard InChI is InChI=1S/C17H15N5/c1-11-16-17(18)19-15(12-7-3-2-4-8-12)13-9-5-6-10-14(13)22(16)21-20-11/h2-10,17H,18H2,1H3. The minimum Gasteiger partial charge on any atom is -0.305 e. The van der Waals surface area contributed by atoms with Gasteiger partial charge in [0.05, 0.1) is 17.1 Å². The lowest BCUT2D eigenvalue weighted by Gasteiger charge is -2.09. The fraction of sp³-hybridized carbons (Fsp3) is 0.118. The number of hydrogen-bond acceptors (Lipinski definition) is 4. The smallest absolute Gasteiger partial charge is 0.142 e. The second-order valence-corrected chi connectivity index (χ2v) is 5.28. The Bertz CT molecular complexity index is 864. The van der Waals surface area contributed by atoms with E-state index in [9.17, 15) is 0 Å². The Balaban J connectivity index is 2.03. The second kappa shape index (κ2) is 4.89. The van der Waals surface area contributed by atoms with Crippen molar-refractivity contribution in [2.45, 2.75) is 13.1 Å². The van der Waals surface area contributed by atoms with Gasteiger partial charge in [0, 0.05) is 11.1 Å². The molecule has 0 amide bonds. The zero-order valence-electron chi connectivity index (χ0n) is 12.1. The summed E-state index contributed by atoms with van der Waals surface area (Å²) in [6.45, 7) is 1.91. The Hall–Kier alpha value is -2.79. The number of aromatic nitrogens is 3. The number of aryl methyl sites for hydroxylation is 1. The number of nitrogens with two attached hydrogens (primary N) is 1. The third kappa shape index (κ3) is 1.87. The van der Waals surface area contributed by atoms with Crippen molar-refractivity contribution in [1.29, 1.82) is 0 Å². The maximum Gasteiger partial charge on any atom is 0.142 e. The minimum atomic E-state index is -0.488. The highest BCUT2D eigenvalue weighted by Gasteiger charge is 2.25. The van der Waals surface area contributed by atoms with Crippen molar-refractivity contribution in [3.63, 3.8) is 0 Å². The van der Waals surface area contributed by atoms with Crippen molar-refractivity contribution in [3.05, 3.63) is 77.1 Å². The van der Waals surface area contributed by atoms with Gasteiger partial charge in [0.2, 0.25) is 0 Å². The Kier molecular flexibility index (Phi) is 2.87. The summed E-state index contributed by atoms with van der Waals surface area (Å²) >= 11 is 0. The molecule has 3 aromatic rings. The number of benzene rings is 2. The van der Waals surface area contributed by atoms with E-state index in [1.54, 1.807) is 4.68 Å². The molecular weight excluding hydrogens is 274 g/mol. The van der Waals surface area contributed by atoms with Gasteiger partial charge in [-0.3, -0.25) is 4.99 Å². The second-order valence-electron chi connectivity index (χ2n) is 5.28. The van der Waals surface area contributed by atoms with E-state index in [-0.39, 0.29) is 0 Å².